The Morgan fingerprint density at radius 2 is 1.89 bits per heavy atom. The summed E-state index contributed by atoms with van der Waals surface area (Å²) in [4.78, 5) is 31.3. The number of benzene rings is 1. The Morgan fingerprint density at radius 1 is 1.19 bits per heavy atom. The van der Waals surface area contributed by atoms with Crippen LogP contribution in [0.2, 0.25) is 0 Å². The van der Waals surface area contributed by atoms with E-state index in [0.29, 0.717) is 34.6 Å². The van der Waals surface area contributed by atoms with Gasteiger partial charge in [-0.15, -0.1) is 11.3 Å². The minimum Gasteiger partial charge on any atom is -0.465 e. The van der Waals surface area contributed by atoms with Crippen molar-refractivity contribution in [2.45, 2.75) is 38.1 Å². The number of aromatic nitrogens is 2. The molecule has 0 spiro atoms. The summed E-state index contributed by atoms with van der Waals surface area (Å²) in [6, 6.07) is 6.06. The van der Waals surface area contributed by atoms with Crippen LogP contribution in [0.4, 0.5) is 10.7 Å². The maximum atomic E-state index is 12.8. The summed E-state index contributed by atoms with van der Waals surface area (Å²) in [6.07, 6.45) is 7.76. The Labute approximate surface area is 212 Å². The second kappa shape index (κ2) is 10.2. The van der Waals surface area contributed by atoms with Crippen molar-refractivity contribution < 1.29 is 24.7 Å². The molecule has 2 aliphatic rings. The van der Waals surface area contributed by atoms with Crippen LogP contribution in [0.5, 0.6) is 0 Å². The van der Waals surface area contributed by atoms with E-state index in [-0.39, 0.29) is 36.3 Å². The smallest absolute Gasteiger partial charge is 0.347 e. The van der Waals surface area contributed by atoms with Crippen molar-refractivity contribution in [1.82, 2.24) is 9.55 Å². The van der Waals surface area contributed by atoms with Gasteiger partial charge < -0.3 is 24.4 Å². The number of carbonyl (C=O) groups excluding carboxylic acids is 1. The molecule has 2 aromatic heterocycles. The van der Waals surface area contributed by atoms with Gasteiger partial charge in [0, 0.05) is 49.7 Å². The maximum absolute atomic E-state index is 12.8. The highest BCUT2D eigenvalue weighted by Crippen LogP contribution is 2.49. The van der Waals surface area contributed by atoms with Gasteiger partial charge in [0.15, 0.2) is 5.56 Å². The fourth-order valence-corrected chi connectivity index (χ4v) is 6.90. The Kier molecular flexibility index (Phi) is 6.96. The zero-order valence-electron chi connectivity index (χ0n) is 20.1. The highest BCUT2D eigenvalue weighted by Gasteiger charge is 2.40. The first-order chi connectivity index (χ1) is 17.5. The molecule has 2 fully saturated rings. The van der Waals surface area contributed by atoms with E-state index in [1.54, 1.807) is 0 Å². The molecular weight excluding hydrogens is 484 g/mol. The molecule has 0 unspecified atom stereocenters. The SMILES string of the molecule is COC(=O)c1c(N2C[C@H](CO)[C@@H](CO)C2)sc(-c2ccc3c(c2)ncn3C2CCCCC2)c1[N+](=O)[O-]. The van der Waals surface area contributed by atoms with E-state index in [1.165, 1.54) is 26.4 Å². The third-order valence-electron chi connectivity index (χ3n) is 7.57. The highest BCUT2D eigenvalue weighted by atomic mass is 32.1. The number of fused-ring (bicyclic) bond motifs is 1. The van der Waals surface area contributed by atoms with Crippen LogP contribution >= 0.6 is 11.3 Å². The largest absolute Gasteiger partial charge is 0.465 e. The molecule has 1 aliphatic carbocycles. The van der Waals surface area contributed by atoms with E-state index in [9.17, 15) is 25.1 Å². The predicted octanol–water partition coefficient (Wildman–Crippen LogP) is 4.00. The second-order valence-electron chi connectivity index (χ2n) is 9.65. The molecule has 1 aliphatic heterocycles. The van der Waals surface area contributed by atoms with Crippen LogP contribution in [0.1, 0.15) is 48.5 Å². The van der Waals surface area contributed by atoms with Gasteiger partial charge in [-0.25, -0.2) is 9.78 Å². The van der Waals surface area contributed by atoms with Crippen molar-refractivity contribution in [3.63, 3.8) is 0 Å². The van der Waals surface area contributed by atoms with Crippen molar-refractivity contribution >= 4 is 39.0 Å². The standard InChI is InChI=1S/C25H30N4O6S/c1-35-25(32)21-22(29(33)34)23(36-24(21)27-10-16(12-30)17(11-27)13-31)15-7-8-20-19(9-15)26-14-28(20)18-5-3-2-4-6-18/h7-9,14,16-18,30-31H,2-6,10-13H2,1H3/t16-,17-/m1/s1. The van der Waals surface area contributed by atoms with E-state index >= 15 is 0 Å². The van der Waals surface area contributed by atoms with Crippen LogP contribution in [0, 0.1) is 22.0 Å². The number of nitrogens with zero attached hydrogens (tertiary/aromatic N) is 4. The molecule has 36 heavy (non-hydrogen) atoms. The van der Waals surface area contributed by atoms with E-state index in [1.807, 2.05) is 29.4 Å². The van der Waals surface area contributed by atoms with E-state index in [4.69, 9.17) is 4.74 Å². The van der Waals surface area contributed by atoms with Crippen LogP contribution in [-0.2, 0) is 4.74 Å². The molecule has 2 N–H and O–H groups in total. The third-order valence-corrected chi connectivity index (χ3v) is 8.86. The Balaban J connectivity index is 1.60. The quantitative estimate of drug-likeness (QED) is 0.275. The lowest BCUT2D eigenvalue weighted by Crippen LogP contribution is -2.22. The third kappa shape index (κ3) is 4.25. The van der Waals surface area contributed by atoms with Gasteiger partial charge in [-0.2, -0.15) is 0 Å². The zero-order valence-corrected chi connectivity index (χ0v) is 20.9. The number of methoxy groups -OCH3 is 1. The van der Waals surface area contributed by atoms with E-state index in [0.717, 1.165) is 35.2 Å². The molecule has 0 bridgehead atoms. The van der Waals surface area contributed by atoms with Crippen molar-refractivity contribution in [2.75, 3.05) is 38.3 Å². The maximum Gasteiger partial charge on any atom is 0.347 e. The number of ether oxygens (including phenoxy) is 1. The predicted molar refractivity (Wildman–Crippen MR) is 137 cm³/mol. The first kappa shape index (κ1) is 24.7. The molecule has 3 heterocycles. The Morgan fingerprint density at radius 3 is 2.50 bits per heavy atom. The molecule has 192 valence electrons. The van der Waals surface area contributed by atoms with Gasteiger partial charge in [0.25, 0.3) is 0 Å². The van der Waals surface area contributed by atoms with E-state index in [2.05, 4.69) is 9.55 Å². The molecule has 10 nitrogen and oxygen atoms in total. The number of esters is 1. The molecule has 5 rings (SSSR count). The number of imidazole rings is 1. The summed E-state index contributed by atoms with van der Waals surface area (Å²) >= 11 is 1.16. The number of hydrogen-bond acceptors (Lipinski definition) is 9. The lowest BCUT2D eigenvalue weighted by atomic mass is 9.95. The minimum absolute atomic E-state index is 0.0920. The molecule has 1 saturated carbocycles. The summed E-state index contributed by atoms with van der Waals surface area (Å²) < 4.78 is 7.15. The van der Waals surface area contributed by atoms with Gasteiger partial charge in [-0.3, -0.25) is 10.1 Å². The number of aliphatic hydroxyl groups is 2. The number of anilines is 1. The lowest BCUT2D eigenvalue weighted by molar-refractivity contribution is -0.384. The average molecular weight is 515 g/mol. The zero-order chi connectivity index (χ0) is 25.4. The summed E-state index contributed by atoms with van der Waals surface area (Å²) in [5.74, 6) is -1.16. The molecule has 0 amide bonds. The molecular formula is C25H30N4O6S. The Hall–Kier alpha value is -3.02. The van der Waals surface area contributed by atoms with Crippen LogP contribution in [0.25, 0.3) is 21.5 Å². The fraction of sp³-hybridized carbons (Fsp3) is 0.520. The van der Waals surface area contributed by atoms with Crippen LogP contribution in [0.3, 0.4) is 0 Å². The summed E-state index contributed by atoms with van der Waals surface area (Å²) in [6.45, 7) is 0.535. The number of nitro groups is 1. The Bertz CT molecular complexity index is 1270. The van der Waals surface area contributed by atoms with Gasteiger partial charge in [0.05, 0.1) is 29.4 Å². The van der Waals surface area contributed by atoms with Crippen LogP contribution in [-0.4, -0.2) is 64.1 Å². The molecule has 3 aromatic rings. The van der Waals surface area contributed by atoms with Crippen LogP contribution in [0.15, 0.2) is 24.5 Å². The average Bonchev–Trinajstić information content (AvgIpc) is 3.62. The lowest BCUT2D eigenvalue weighted by Gasteiger charge is -2.23. The summed E-state index contributed by atoms with van der Waals surface area (Å²) in [5, 5.41) is 32.2. The highest BCUT2D eigenvalue weighted by molar-refractivity contribution is 7.20. The molecule has 0 radical (unpaired) electrons. The molecule has 11 heteroatoms. The molecule has 1 aromatic carbocycles. The number of rotatable bonds is 7. The summed E-state index contributed by atoms with van der Waals surface area (Å²) in [5.41, 5.74) is 1.98. The van der Waals surface area contributed by atoms with Crippen LogP contribution < -0.4 is 4.90 Å². The molecule has 1 saturated heterocycles. The normalized spacial score (nSPS) is 20.8. The van der Waals surface area contributed by atoms with Crippen molar-refractivity contribution in [2.24, 2.45) is 11.8 Å². The monoisotopic (exact) mass is 514 g/mol. The second-order valence-corrected chi connectivity index (χ2v) is 10.6. The first-order valence-electron chi connectivity index (χ1n) is 12.3. The number of aliphatic hydroxyl groups excluding tert-OH is 2. The molecule has 2 atom stereocenters. The van der Waals surface area contributed by atoms with Gasteiger partial charge >= 0.3 is 11.7 Å². The van der Waals surface area contributed by atoms with Gasteiger partial charge in [0.1, 0.15) is 9.88 Å². The first-order valence-corrected chi connectivity index (χ1v) is 13.1. The summed E-state index contributed by atoms with van der Waals surface area (Å²) in [7, 11) is 1.20. The van der Waals surface area contributed by atoms with Gasteiger partial charge in [-0.05, 0) is 25.0 Å². The fourth-order valence-electron chi connectivity index (χ4n) is 5.63. The van der Waals surface area contributed by atoms with Gasteiger partial charge in [0.2, 0.25) is 0 Å². The number of hydrogen-bond donors (Lipinski definition) is 2. The number of thiophene rings is 1. The van der Waals surface area contributed by atoms with Crippen molar-refractivity contribution in [3.8, 4) is 10.4 Å². The van der Waals surface area contributed by atoms with Crippen molar-refractivity contribution in [3.05, 3.63) is 40.2 Å². The van der Waals surface area contributed by atoms with E-state index < -0.39 is 10.9 Å². The van der Waals surface area contributed by atoms with Gasteiger partial charge in [-0.1, -0.05) is 25.3 Å². The minimum atomic E-state index is -0.783. The number of carbonyl (C=O) groups is 1. The topological polar surface area (TPSA) is 131 Å². The van der Waals surface area contributed by atoms with Crippen molar-refractivity contribution in [1.29, 1.82) is 0 Å².